The average molecular weight is 206 g/mol. The summed E-state index contributed by atoms with van der Waals surface area (Å²) in [7, 11) is 0. The average Bonchev–Trinajstić information content (AvgIpc) is 2.18. The molecular formula is C14H22O. The molecule has 0 fully saturated rings. The molecule has 1 unspecified atom stereocenters. The van der Waals surface area contributed by atoms with Crippen LogP contribution in [0.3, 0.4) is 0 Å². The quantitative estimate of drug-likeness (QED) is 0.782. The van der Waals surface area contributed by atoms with E-state index in [4.69, 9.17) is 0 Å². The second-order valence-electron chi connectivity index (χ2n) is 4.84. The van der Waals surface area contributed by atoms with Crippen molar-refractivity contribution < 1.29 is 5.11 Å². The van der Waals surface area contributed by atoms with Crippen molar-refractivity contribution in [1.29, 1.82) is 0 Å². The molecule has 1 N–H and O–H groups in total. The molecular weight excluding hydrogens is 184 g/mol. The van der Waals surface area contributed by atoms with E-state index < -0.39 is 5.60 Å². The Morgan fingerprint density at radius 3 is 2.27 bits per heavy atom. The number of hydrogen-bond donors (Lipinski definition) is 1. The minimum Gasteiger partial charge on any atom is -0.390 e. The molecule has 0 aliphatic heterocycles. The van der Waals surface area contributed by atoms with E-state index in [1.165, 1.54) is 5.56 Å². The summed E-state index contributed by atoms with van der Waals surface area (Å²) in [6, 6.07) is 10.2. The minimum atomic E-state index is -0.532. The highest BCUT2D eigenvalue weighted by Gasteiger charge is 2.25. The van der Waals surface area contributed by atoms with Crippen LogP contribution >= 0.6 is 0 Å². The first-order chi connectivity index (χ1) is 7.06. The molecule has 1 heteroatoms. The third-order valence-corrected chi connectivity index (χ3v) is 2.82. The summed E-state index contributed by atoms with van der Waals surface area (Å²) in [6.45, 7) is 6.38. The standard InChI is InChI=1S/C14H22O/c1-4-14(15,10-12(2)3)11-13-8-6-5-7-9-13/h5-9,12,15H,4,10-11H2,1-3H3. The SMILES string of the molecule is CCC(O)(Cc1ccccc1)CC(C)C. The van der Waals surface area contributed by atoms with Crippen LogP contribution in [0.5, 0.6) is 0 Å². The molecule has 1 rings (SSSR count). The van der Waals surface area contributed by atoms with Crippen LogP contribution in [0.2, 0.25) is 0 Å². The van der Waals surface area contributed by atoms with Crippen LogP contribution in [0.4, 0.5) is 0 Å². The zero-order valence-electron chi connectivity index (χ0n) is 10.0. The van der Waals surface area contributed by atoms with Gasteiger partial charge >= 0.3 is 0 Å². The summed E-state index contributed by atoms with van der Waals surface area (Å²) >= 11 is 0. The molecule has 0 bridgehead atoms. The fraction of sp³-hybridized carbons (Fsp3) is 0.571. The Bertz CT molecular complexity index is 279. The number of rotatable bonds is 5. The molecule has 0 aromatic heterocycles. The first-order valence-electron chi connectivity index (χ1n) is 5.82. The Morgan fingerprint density at radius 1 is 1.20 bits per heavy atom. The lowest BCUT2D eigenvalue weighted by Crippen LogP contribution is -2.32. The van der Waals surface area contributed by atoms with Gasteiger partial charge in [0, 0.05) is 6.42 Å². The number of hydrogen-bond acceptors (Lipinski definition) is 1. The van der Waals surface area contributed by atoms with Crippen LogP contribution in [0.1, 0.15) is 39.2 Å². The van der Waals surface area contributed by atoms with Crippen molar-refractivity contribution in [2.45, 2.75) is 45.6 Å². The molecule has 1 aromatic carbocycles. The van der Waals surface area contributed by atoms with Crippen molar-refractivity contribution in [3.63, 3.8) is 0 Å². The maximum atomic E-state index is 10.4. The zero-order valence-corrected chi connectivity index (χ0v) is 10.0. The van der Waals surface area contributed by atoms with Crippen molar-refractivity contribution in [1.82, 2.24) is 0 Å². The Morgan fingerprint density at radius 2 is 1.80 bits per heavy atom. The fourth-order valence-corrected chi connectivity index (χ4v) is 2.08. The molecule has 1 nitrogen and oxygen atoms in total. The first kappa shape index (κ1) is 12.3. The van der Waals surface area contributed by atoms with Crippen molar-refractivity contribution >= 4 is 0 Å². The maximum absolute atomic E-state index is 10.4. The highest BCUT2D eigenvalue weighted by molar-refractivity contribution is 5.17. The van der Waals surface area contributed by atoms with Crippen LogP contribution in [0.15, 0.2) is 30.3 Å². The van der Waals surface area contributed by atoms with Gasteiger partial charge in [0.05, 0.1) is 5.60 Å². The Hall–Kier alpha value is -0.820. The molecule has 1 atom stereocenters. The number of aliphatic hydroxyl groups is 1. The molecule has 0 spiro atoms. The Labute approximate surface area is 93.1 Å². The van der Waals surface area contributed by atoms with Gasteiger partial charge in [0.15, 0.2) is 0 Å². The van der Waals surface area contributed by atoms with Crippen molar-refractivity contribution in [2.75, 3.05) is 0 Å². The summed E-state index contributed by atoms with van der Waals surface area (Å²) in [5, 5.41) is 10.4. The van der Waals surface area contributed by atoms with Gasteiger partial charge in [0.1, 0.15) is 0 Å². The van der Waals surface area contributed by atoms with Crippen molar-refractivity contribution in [3.05, 3.63) is 35.9 Å². The third-order valence-electron chi connectivity index (χ3n) is 2.82. The molecule has 0 saturated heterocycles. The fourth-order valence-electron chi connectivity index (χ4n) is 2.08. The van der Waals surface area contributed by atoms with Crippen LogP contribution < -0.4 is 0 Å². The lowest BCUT2D eigenvalue weighted by atomic mass is 9.84. The highest BCUT2D eigenvalue weighted by atomic mass is 16.3. The normalized spacial score (nSPS) is 15.3. The second kappa shape index (κ2) is 5.32. The van der Waals surface area contributed by atoms with Gasteiger partial charge in [0.2, 0.25) is 0 Å². The van der Waals surface area contributed by atoms with E-state index >= 15 is 0 Å². The van der Waals surface area contributed by atoms with Gasteiger partial charge in [-0.1, -0.05) is 51.1 Å². The minimum absolute atomic E-state index is 0.532. The van der Waals surface area contributed by atoms with Crippen LogP contribution in [0, 0.1) is 5.92 Å². The van der Waals surface area contributed by atoms with E-state index in [0.29, 0.717) is 5.92 Å². The predicted octanol–water partition coefficient (Wildman–Crippen LogP) is 3.42. The zero-order chi connectivity index (χ0) is 11.3. The molecule has 84 valence electrons. The molecule has 15 heavy (non-hydrogen) atoms. The van der Waals surface area contributed by atoms with Gasteiger partial charge in [-0.25, -0.2) is 0 Å². The molecule has 1 aromatic rings. The van der Waals surface area contributed by atoms with Gasteiger partial charge in [-0.15, -0.1) is 0 Å². The Balaban J connectivity index is 2.68. The smallest absolute Gasteiger partial charge is 0.0687 e. The largest absolute Gasteiger partial charge is 0.390 e. The van der Waals surface area contributed by atoms with Crippen LogP contribution in [0.25, 0.3) is 0 Å². The van der Waals surface area contributed by atoms with Gasteiger partial charge in [0.25, 0.3) is 0 Å². The molecule has 0 aliphatic carbocycles. The van der Waals surface area contributed by atoms with Gasteiger partial charge in [-0.2, -0.15) is 0 Å². The summed E-state index contributed by atoms with van der Waals surface area (Å²) in [5.41, 5.74) is 0.692. The summed E-state index contributed by atoms with van der Waals surface area (Å²) in [6.07, 6.45) is 2.46. The van der Waals surface area contributed by atoms with E-state index in [1.54, 1.807) is 0 Å². The highest BCUT2D eigenvalue weighted by Crippen LogP contribution is 2.24. The molecule has 0 amide bonds. The summed E-state index contributed by atoms with van der Waals surface area (Å²) < 4.78 is 0. The predicted molar refractivity (Wildman–Crippen MR) is 64.8 cm³/mol. The van der Waals surface area contributed by atoms with Gasteiger partial charge in [-0.05, 0) is 24.3 Å². The van der Waals surface area contributed by atoms with E-state index in [0.717, 1.165) is 19.3 Å². The van der Waals surface area contributed by atoms with Gasteiger partial charge < -0.3 is 5.11 Å². The maximum Gasteiger partial charge on any atom is 0.0687 e. The summed E-state index contributed by atoms with van der Waals surface area (Å²) in [4.78, 5) is 0. The van der Waals surface area contributed by atoms with E-state index in [1.807, 2.05) is 18.2 Å². The molecule has 0 saturated carbocycles. The third kappa shape index (κ3) is 4.05. The van der Waals surface area contributed by atoms with Crippen LogP contribution in [-0.4, -0.2) is 10.7 Å². The molecule has 0 radical (unpaired) electrons. The van der Waals surface area contributed by atoms with Crippen LogP contribution in [-0.2, 0) is 6.42 Å². The van der Waals surface area contributed by atoms with Crippen molar-refractivity contribution in [2.24, 2.45) is 5.92 Å². The molecule has 0 heterocycles. The van der Waals surface area contributed by atoms with Crippen molar-refractivity contribution in [3.8, 4) is 0 Å². The monoisotopic (exact) mass is 206 g/mol. The van der Waals surface area contributed by atoms with E-state index in [-0.39, 0.29) is 0 Å². The number of benzene rings is 1. The van der Waals surface area contributed by atoms with E-state index in [2.05, 4.69) is 32.9 Å². The second-order valence-corrected chi connectivity index (χ2v) is 4.84. The lowest BCUT2D eigenvalue weighted by Gasteiger charge is -2.28. The summed E-state index contributed by atoms with van der Waals surface area (Å²) in [5.74, 6) is 0.540. The lowest BCUT2D eigenvalue weighted by molar-refractivity contribution is 0.0161. The van der Waals surface area contributed by atoms with Gasteiger partial charge in [-0.3, -0.25) is 0 Å². The Kier molecular flexibility index (Phi) is 4.34. The first-order valence-corrected chi connectivity index (χ1v) is 5.82. The molecule has 0 aliphatic rings. The van der Waals surface area contributed by atoms with E-state index in [9.17, 15) is 5.11 Å². The topological polar surface area (TPSA) is 20.2 Å².